The van der Waals surface area contributed by atoms with Crippen molar-refractivity contribution in [1.29, 1.82) is 0 Å². The van der Waals surface area contributed by atoms with Crippen LogP contribution in [-0.2, 0) is 6.61 Å². The van der Waals surface area contributed by atoms with Crippen molar-refractivity contribution in [2.45, 2.75) is 19.4 Å². The fourth-order valence-electron chi connectivity index (χ4n) is 5.46. The molecule has 2 aliphatic rings. The Morgan fingerprint density at radius 3 is 2.68 bits per heavy atom. The van der Waals surface area contributed by atoms with Gasteiger partial charge in [-0.2, -0.15) is 0 Å². The van der Waals surface area contributed by atoms with Crippen molar-refractivity contribution in [1.82, 2.24) is 9.88 Å². The molecule has 1 aliphatic heterocycles. The number of likely N-dealkylation sites (tertiary alicyclic amines) is 1. The minimum absolute atomic E-state index is 0.360. The zero-order valence-electron chi connectivity index (χ0n) is 21.5. The van der Waals surface area contributed by atoms with Crippen molar-refractivity contribution in [3.63, 3.8) is 0 Å². The second kappa shape index (κ2) is 9.65. The first-order chi connectivity index (χ1) is 18.5. The lowest BCUT2D eigenvalue weighted by molar-refractivity contribution is 0.100. The molecule has 38 heavy (non-hydrogen) atoms. The number of hydrogen-bond acceptors (Lipinski definition) is 6. The molecule has 0 unspecified atom stereocenters. The molecule has 2 N–H and O–H groups in total. The fourth-order valence-corrected chi connectivity index (χ4v) is 5.46. The van der Waals surface area contributed by atoms with E-state index in [2.05, 4.69) is 16.5 Å². The highest BCUT2D eigenvalue weighted by atomic mass is 16.5. The minimum Gasteiger partial charge on any atom is -0.493 e. The second-order valence-electron chi connectivity index (χ2n) is 10.3. The van der Waals surface area contributed by atoms with E-state index in [-0.39, 0.29) is 0 Å². The Labute approximate surface area is 221 Å². The summed E-state index contributed by atoms with van der Waals surface area (Å²) >= 11 is 0. The van der Waals surface area contributed by atoms with Crippen LogP contribution in [0.1, 0.15) is 28.8 Å². The zero-order valence-corrected chi connectivity index (χ0v) is 21.5. The molecular formula is C31H31N3O4. The number of methoxy groups -OCH3 is 1. The van der Waals surface area contributed by atoms with E-state index in [0.717, 1.165) is 46.9 Å². The van der Waals surface area contributed by atoms with Gasteiger partial charge in [0, 0.05) is 48.3 Å². The van der Waals surface area contributed by atoms with Gasteiger partial charge in [-0.15, -0.1) is 0 Å². The summed E-state index contributed by atoms with van der Waals surface area (Å²) in [6, 6.07) is 17.1. The number of primary amides is 1. The lowest BCUT2D eigenvalue weighted by Gasteiger charge is -2.17. The molecule has 1 aromatic heterocycles. The largest absolute Gasteiger partial charge is 0.493 e. The van der Waals surface area contributed by atoms with Crippen LogP contribution in [0.4, 0.5) is 0 Å². The third-order valence-electron chi connectivity index (χ3n) is 7.80. The Bertz CT molecular complexity index is 1560. The van der Waals surface area contributed by atoms with E-state index in [1.807, 2.05) is 48.5 Å². The van der Waals surface area contributed by atoms with E-state index in [4.69, 9.17) is 19.9 Å². The molecular weight excluding hydrogens is 478 g/mol. The number of carbonyl (C=O) groups is 1. The van der Waals surface area contributed by atoms with E-state index >= 15 is 0 Å². The van der Waals surface area contributed by atoms with Gasteiger partial charge >= 0.3 is 0 Å². The van der Waals surface area contributed by atoms with Gasteiger partial charge in [0.2, 0.25) is 5.91 Å². The van der Waals surface area contributed by atoms with Crippen LogP contribution in [0.25, 0.3) is 21.7 Å². The molecule has 6 rings (SSSR count). The molecule has 1 saturated carbocycles. The summed E-state index contributed by atoms with van der Waals surface area (Å²) in [6.45, 7) is 8.11. The maximum absolute atomic E-state index is 11.7. The minimum atomic E-state index is -0.436. The molecule has 2 fully saturated rings. The van der Waals surface area contributed by atoms with E-state index in [9.17, 15) is 4.79 Å². The molecule has 3 aromatic carbocycles. The van der Waals surface area contributed by atoms with Gasteiger partial charge in [0.15, 0.2) is 11.5 Å². The number of fused-ring (bicyclic) bond motifs is 2. The van der Waals surface area contributed by atoms with E-state index < -0.39 is 5.91 Å². The van der Waals surface area contributed by atoms with Crippen LogP contribution < -0.4 is 19.9 Å². The number of benzene rings is 3. The molecule has 1 aliphatic carbocycles. The normalized spacial score (nSPS) is 16.3. The number of pyridine rings is 1. The third kappa shape index (κ3) is 4.54. The lowest BCUT2D eigenvalue weighted by atomic mass is 10.0. The van der Waals surface area contributed by atoms with E-state index in [1.165, 1.54) is 18.4 Å². The van der Waals surface area contributed by atoms with Gasteiger partial charge in [0.25, 0.3) is 0 Å². The smallest absolute Gasteiger partial charge is 0.249 e. The standard InChI is InChI=1S/C31H31N3O4/c1-20-17-34(19-31(20)9-10-31)12-13-37-29-16-26-25(15-28(29)36-2)27(8-11-33-26)38-18-21-6-7-23-22(14-21)4-3-5-24(23)30(32)35/h3-8,11,14-16H,1,9-10,12-13,17-19H2,2H3,(H2,32,35). The lowest BCUT2D eigenvalue weighted by Crippen LogP contribution is -2.26. The molecule has 4 aromatic rings. The predicted molar refractivity (Wildman–Crippen MR) is 148 cm³/mol. The van der Waals surface area contributed by atoms with Gasteiger partial charge in [-0.05, 0) is 53.4 Å². The zero-order chi connectivity index (χ0) is 26.3. The molecule has 0 atom stereocenters. The predicted octanol–water partition coefficient (Wildman–Crippen LogP) is 5.11. The van der Waals surface area contributed by atoms with Gasteiger partial charge in [-0.25, -0.2) is 0 Å². The summed E-state index contributed by atoms with van der Waals surface area (Å²) in [6.07, 6.45) is 4.28. The number of ether oxygens (including phenoxy) is 3. The van der Waals surface area contributed by atoms with Gasteiger partial charge in [-0.1, -0.05) is 36.4 Å². The van der Waals surface area contributed by atoms with Gasteiger partial charge in [0.1, 0.15) is 19.0 Å². The summed E-state index contributed by atoms with van der Waals surface area (Å²) in [4.78, 5) is 18.7. The Hall–Kier alpha value is -4.10. The maximum atomic E-state index is 11.7. The highest BCUT2D eigenvalue weighted by Gasteiger charge is 2.50. The van der Waals surface area contributed by atoms with Gasteiger partial charge < -0.3 is 19.9 Å². The van der Waals surface area contributed by atoms with Crippen molar-refractivity contribution in [2.24, 2.45) is 11.1 Å². The summed E-state index contributed by atoms with van der Waals surface area (Å²) in [5.41, 5.74) is 9.54. The molecule has 2 heterocycles. The first-order valence-corrected chi connectivity index (χ1v) is 12.9. The van der Waals surface area contributed by atoms with Crippen LogP contribution in [0.15, 0.2) is 72.9 Å². The number of aromatic nitrogens is 1. The van der Waals surface area contributed by atoms with Gasteiger partial charge in [-0.3, -0.25) is 14.7 Å². The SMILES string of the molecule is C=C1CN(CCOc2cc3nccc(OCc4ccc5c(C(N)=O)cccc5c4)c3cc2OC)CC12CC2. The van der Waals surface area contributed by atoms with Crippen LogP contribution in [0, 0.1) is 5.41 Å². The van der Waals surface area contributed by atoms with E-state index in [1.54, 1.807) is 19.4 Å². The monoisotopic (exact) mass is 509 g/mol. The fraction of sp³-hybridized carbons (Fsp3) is 0.290. The van der Waals surface area contributed by atoms with Crippen LogP contribution in [-0.4, -0.2) is 49.1 Å². The highest BCUT2D eigenvalue weighted by Crippen LogP contribution is 2.55. The number of nitrogens with two attached hydrogens (primary N) is 1. The molecule has 7 nitrogen and oxygen atoms in total. The number of nitrogens with zero attached hydrogens (tertiary/aromatic N) is 2. The second-order valence-corrected chi connectivity index (χ2v) is 10.3. The summed E-state index contributed by atoms with van der Waals surface area (Å²) in [5.74, 6) is 1.58. The summed E-state index contributed by atoms with van der Waals surface area (Å²) in [5, 5.41) is 2.62. The molecule has 0 bridgehead atoms. The molecule has 1 amide bonds. The Balaban J connectivity index is 1.16. The quantitative estimate of drug-likeness (QED) is 0.316. The van der Waals surface area contributed by atoms with Crippen LogP contribution >= 0.6 is 0 Å². The number of amides is 1. The van der Waals surface area contributed by atoms with Gasteiger partial charge in [0.05, 0.1) is 12.6 Å². The molecule has 0 radical (unpaired) electrons. The van der Waals surface area contributed by atoms with Crippen molar-refractivity contribution < 1.29 is 19.0 Å². The van der Waals surface area contributed by atoms with Crippen LogP contribution in [0.5, 0.6) is 17.2 Å². The third-order valence-corrected chi connectivity index (χ3v) is 7.80. The topological polar surface area (TPSA) is 86.9 Å². The van der Waals surface area contributed by atoms with Crippen molar-refractivity contribution in [3.05, 3.63) is 84.1 Å². The molecule has 7 heteroatoms. The average Bonchev–Trinajstić information content (AvgIpc) is 3.64. The van der Waals surface area contributed by atoms with Crippen molar-refractivity contribution in [2.75, 3.05) is 33.4 Å². The first kappa shape index (κ1) is 24.2. The summed E-state index contributed by atoms with van der Waals surface area (Å²) in [7, 11) is 1.64. The van der Waals surface area contributed by atoms with Crippen LogP contribution in [0.2, 0.25) is 0 Å². The average molecular weight is 510 g/mol. The first-order valence-electron chi connectivity index (χ1n) is 12.9. The maximum Gasteiger partial charge on any atom is 0.249 e. The van der Waals surface area contributed by atoms with Crippen molar-refractivity contribution in [3.8, 4) is 17.2 Å². The van der Waals surface area contributed by atoms with Crippen molar-refractivity contribution >= 4 is 27.6 Å². The Morgan fingerprint density at radius 1 is 1.05 bits per heavy atom. The molecule has 194 valence electrons. The number of hydrogen-bond donors (Lipinski definition) is 1. The summed E-state index contributed by atoms with van der Waals surface area (Å²) < 4.78 is 18.0. The van der Waals surface area contributed by atoms with Crippen LogP contribution in [0.3, 0.4) is 0 Å². The highest BCUT2D eigenvalue weighted by molar-refractivity contribution is 6.06. The Morgan fingerprint density at radius 2 is 1.92 bits per heavy atom. The Kier molecular flexibility index (Phi) is 6.16. The number of carbonyl (C=O) groups excluding carboxylic acids is 1. The van der Waals surface area contributed by atoms with E-state index in [0.29, 0.717) is 41.4 Å². The number of rotatable bonds is 9. The molecule has 1 saturated heterocycles. The molecule has 1 spiro atoms.